The van der Waals surface area contributed by atoms with Gasteiger partial charge in [-0.05, 0) is 67.1 Å². The summed E-state index contributed by atoms with van der Waals surface area (Å²) < 4.78 is 5.22. The van der Waals surface area contributed by atoms with E-state index in [1.165, 1.54) is 5.56 Å². The van der Waals surface area contributed by atoms with Gasteiger partial charge in [0.1, 0.15) is 5.75 Å². The average molecular weight is 411 g/mol. The zero-order valence-corrected chi connectivity index (χ0v) is 17.4. The quantitative estimate of drug-likeness (QED) is 0.622. The van der Waals surface area contributed by atoms with Crippen LogP contribution in [0.25, 0.3) is 10.6 Å². The van der Waals surface area contributed by atoms with Crippen LogP contribution >= 0.6 is 11.3 Å². The molecule has 6 nitrogen and oxygen atoms in total. The van der Waals surface area contributed by atoms with Crippen LogP contribution in [0, 0.1) is 5.92 Å². The lowest BCUT2D eigenvalue weighted by Crippen LogP contribution is -2.38. The van der Waals surface area contributed by atoms with Gasteiger partial charge >= 0.3 is 0 Å². The number of nitrogens with one attached hydrogen (secondary N) is 2. The number of rotatable bonds is 7. The maximum Gasteiger partial charge on any atom is 0.271 e. The largest absolute Gasteiger partial charge is 0.497 e. The predicted octanol–water partition coefficient (Wildman–Crippen LogP) is 3.79. The van der Waals surface area contributed by atoms with Crippen LogP contribution in [-0.4, -0.2) is 47.7 Å². The third-order valence-electron chi connectivity index (χ3n) is 5.42. The highest BCUT2D eigenvalue weighted by Crippen LogP contribution is 2.23. The molecule has 0 spiro atoms. The summed E-state index contributed by atoms with van der Waals surface area (Å²) in [6.07, 6.45) is 2.19. The summed E-state index contributed by atoms with van der Waals surface area (Å²) in [5.41, 5.74) is 2.64. The van der Waals surface area contributed by atoms with E-state index >= 15 is 0 Å². The molecule has 0 bridgehead atoms. The Morgan fingerprint density at radius 3 is 2.76 bits per heavy atom. The lowest BCUT2D eigenvalue weighted by Gasteiger charge is -2.32. The number of nitrogens with zero attached hydrogens (tertiary/aromatic N) is 2. The van der Waals surface area contributed by atoms with Crippen LogP contribution in [0.5, 0.6) is 5.75 Å². The van der Waals surface area contributed by atoms with Crippen LogP contribution in [0.15, 0.2) is 47.8 Å². The molecule has 1 aromatic carbocycles. The lowest BCUT2D eigenvalue weighted by atomic mass is 9.96. The summed E-state index contributed by atoms with van der Waals surface area (Å²) >= 11 is 1.63. The van der Waals surface area contributed by atoms with E-state index in [0.29, 0.717) is 18.2 Å². The number of likely N-dealkylation sites (tertiary alicyclic amines) is 1. The summed E-state index contributed by atoms with van der Waals surface area (Å²) in [7, 11) is 1.69. The number of aromatic amines is 1. The molecule has 3 heterocycles. The molecule has 0 saturated carbocycles. The number of piperidine rings is 1. The molecule has 0 atom stereocenters. The van der Waals surface area contributed by atoms with Gasteiger partial charge in [0.25, 0.3) is 5.91 Å². The number of carbonyl (C=O) groups is 1. The average Bonchev–Trinajstić information content (AvgIpc) is 3.45. The van der Waals surface area contributed by atoms with Gasteiger partial charge in [0, 0.05) is 13.1 Å². The number of aromatic nitrogens is 2. The molecule has 1 saturated heterocycles. The minimum atomic E-state index is -0.107. The topological polar surface area (TPSA) is 70.2 Å². The Bertz CT molecular complexity index is 913. The molecule has 4 rings (SSSR count). The Morgan fingerprint density at radius 2 is 2.07 bits per heavy atom. The summed E-state index contributed by atoms with van der Waals surface area (Å²) in [4.78, 5) is 16.0. The Balaban J connectivity index is 1.21. The molecule has 1 aliphatic rings. The number of hydrogen-bond acceptors (Lipinski definition) is 5. The van der Waals surface area contributed by atoms with Crippen molar-refractivity contribution in [1.82, 2.24) is 20.4 Å². The van der Waals surface area contributed by atoms with E-state index in [4.69, 9.17) is 4.74 Å². The fourth-order valence-corrected chi connectivity index (χ4v) is 4.35. The molecule has 3 aromatic rings. The predicted molar refractivity (Wildman–Crippen MR) is 115 cm³/mol. The van der Waals surface area contributed by atoms with Gasteiger partial charge in [-0.15, -0.1) is 11.3 Å². The van der Waals surface area contributed by atoms with Gasteiger partial charge in [0.15, 0.2) is 5.69 Å². The number of ether oxygens (including phenoxy) is 1. The van der Waals surface area contributed by atoms with Gasteiger partial charge in [0.2, 0.25) is 0 Å². The van der Waals surface area contributed by atoms with Crippen LogP contribution in [0.3, 0.4) is 0 Å². The van der Waals surface area contributed by atoms with Crippen LogP contribution in [0.4, 0.5) is 0 Å². The third kappa shape index (κ3) is 5.05. The molecule has 1 amide bonds. The van der Waals surface area contributed by atoms with Crippen molar-refractivity contribution >= 4 is 17.2 Å². The van der Waals surface area contributed by atoms with Crippen molar-refractivity contribution in [3.63, 3.8) is 0 Å². The molecular weight excluding hydrogens is 384 g/mol. The second-order valence-electron chi connectivity index (χ2n) is 7.42. The summed E-state index contributed by atoms with van der Waals surface area (Å²) in [6, 6.07) is 14.1. The highest BCUT2D eigenvalue weighted by molar-refractivity contribution is 7.13. The van der Waals surface area contributed by atoms with Gasteiger partial charge in [-0.2, -0.15) is 5.10 Å². The molecule has 0 unspecified atom stereocenters. The number of carbonyl (C=O) groups excluding carboxylic acids is 1. The van der Waals surface area contributed by atoms with Crippen LogP contribution in [0.1, 0.15) is 28.9 Å². The normalized spacial score (nSPS) is 15.3. The summed E-state index contributed by atoms with van der Waals surface area (Å²) in [5, 5.41) is 12.2. The van der Waals surface area contributed by atoms with Crippen molar-refractivity contribution in [3.05, 3.63) is 59.1 Å². The second kappa shape index (κ2) is 9.24. The van der Waals surface area contributed by atoms with Crippen LogP contribution < -0.4 is 10.1 Å². The van der Waals surface area contributed by atoms with Crippen LogP contribution in [-0.2, 0) is 6.54 Å². The smallest absolute Gasteiger partial charge is 0.271 e. The lowest BCUT2D eigenvalue weighted by molar-refractivity contribution is 0.0930. The molecule has 0 radical (unpaired) electrons. The van der Waals surface area contributed by atoms with E-state index in [9.17, 15) is 4.79 Å². The third-order valence-corrected chi connectivity index (χ3v) is 6.32. The van der Waals surface area contributed by atoms with E-state index in [1.54, 1.807) is 18.4 Å². The number of amides is 1. The second-order valence-corrected chi connectivity index (χ2v) is 8.37. The molecular formula is C22H26N4O2S. The highest BCUT2D eigenvalue weighted by Gasteiger charge is 2.20. The Morgan fingerprint density at radius 1 is 1.28 bits per heavy atom. The van der Waals surface area contributed by atoms with Gasteiger partial charge in [0.05, 0.1) is 17.7 Å². The van der Waals surface area contributed by atoms with Crippen molar-refractivity contribution < 1.29 is 9.53 Å². The highest BCUT2D eigenvalue weighted by atomic mass is 32.1. The molecule has 0 aliphatic carbocycles. The van der Waals surface area contributed by atoms with E-state index in [0.717, 1.165) is 48.8 Å². The summed E-state index contributed by atoms with van der Waals surface area (Å²) in [5.74, 6) is 1.30. The molecule has 7 heteroatoms. The Labute approximate surface area is 174 Å². The Kier molecular flexibility index (Phi) is 6.27. The van der Waals surface area contributed by atoms with Gasteiger partial charge < -0.3 is 10.1 Å². The molecule has 2 aromatic heterocycles. The van der Waals surface area contributed by atoms with E-state index in [1.807, 2.05) is 35.7 Å². The van der Waals surface area contributed by atoms with Crippen molar-refractivity contribution in [2.75, 3.05) is 26.7 Å². The Hall–Kier alpha value is -2.64. The van der Waals surface area contributed by atoms with Crippen molar-refractivity contribution in [2.24, 2.45) is 5.92 Å². The van der Waals surface area contributed by atoms with E-state index in [-0.39, 0.29) is 5.91 Å². The van der Waals surface area contributed by atoms with E-state index in [2.05, 4.69) is 32.5 Å². The van der Waals surface area contributed by atoms with Crippen molar-refractivity contribution in [2.45, 2.75) is 19.4 Å². The van der Waals surface area contributed by atoms with Gasteiger partial charge in [-0.3, -0.25) is 14.8 Å². The molecule has 2 N–H and O–H groups in total. The fourth-order valence-electron chi connectivity index (χ4n) is 3.66. The number of H-pyrrole nitrogens is 1. The number of methoxy groups -OCH3 is 1. The number of benzene rings is 1. The van der Waals surface area contributed by atoms with Gasteiger partial charge in [-0.1, -0.05) is 18.2 Å². The molecule has 29 heavy (non-hydrogen) atoms. The first-order chi connectivity index (χ1) is 14.2. The standard InChI is InChI=1S/C22H26N4O2S/c1-28-18-6-4-17(5-7-18)15-26-10-8-16(9-11-26)14-23-22(27)20-13-19(24-25-20)21-3-2-12-29-21/h2-7,12-13,16H,8-11,14-15H2,1H3,(H,23,27)(H,24,25). The molecule has 152 valence electrons. The minimum Gasteiger partial charge on any atom is -0.497 e. The molecule has 1 fully saturated rings. The maximum absolute atomic E-state index is 12.4. The van der Waals surface area contributed by atoms with Crippen molar-refractivity contribution in [1.29, 1.82) is 0 Å². The maximum atomic E-state index is 12.4. The first kappa shape index (κ1) is 19.7. The van der Waals surface area contributed by atoms with Crippen LogP contribution in [0.2, 0.25) is 0 Å². The monoisotopic (exact) mass is 410 g/mol. The van der Waals surface area contributed by atoms with Gasteiger partial charge in [-0.25, -0.2) is 0 Å². The molecule has 1 aliphatic heterocycles. The van der Waals surface area contributed by atoms with E-state index < -0.39 is 0 Å². The zero-order valence-electron chi connectivity index (χ0n) is 16.6. The zero-order chi connectivity index (χ0) is 20.1. The SMILES string of the molecule is COc1ccc(CN2CCC(CNC(=O)c3cc(-c4cccs4)[nH]n3)CC2)cc1. The number of thiophene rings is 1. The van der Waals surface area contributed by atoms with Crippen molar-refractivity contribution in [3.8, 4) is 16.3 Å². The fraction of sp³-hybridized carbons (Fsp3) is 0.364. The minimum absolute atomic E-state index is 0.107. The first-order valence-corrected chi connectivity index (χ1v) is 10.8. The first-order valence-electron chi connectivity index (χ1n) is 9.94. The summed E-state index contributed by atoms with van der Waals surface area (Å²) in [6.45, 7) is 3.77. The number of hydrogen-bond donors (Lipinski definition) is 2.